The normalized spacial score (nSPS) is 24.2. The van der Waals surface area contributed by atoms with Crippen molar-refractivity contribution in [3.05, 3.63) is 17.7 Å². The van der Waals surface area contributed by atoms with Crippen LogP contribution in [0.25, 0.3) is 0 Å². The molecule has 1 aromatic rings. The smallest absolute Gasteiger partial charge is 0.220 e. The quantitative estimate of drug-likeness (QED) is 0.743. The molecular formula is C20H30N2O4. The van der Waals surface area contributed by atoms with Crippen LogP contribution in [0.3, 0.4) is 0 Å². The summed E-state index contributed by atoms with van der Waals surface area (Å²) in [4.78, 5) is 12.3. The molecule has 0 aliphatic carbocycles. The Kier molecular flexibility index (Phi) is 6.25. The summed E-state index contributed by atoms with van der Waals surface area (Å²) in [6.45, 7) is 0.586. The number of ether oxygens (including phenoxy) is 3. The molecule has 2 unspecified atom stereocenters. The van der Waals surface area contributed by atoms with E-state index >= 15 is 0 Å². The third-order valence-electron chi connectivity index (χ3n) is 5.55. The van der Waals surface area contributed by atoms with Crippen LogP contribution >= 0.6 is 0 Å². The van der Waals surface area contributed by atoms with Crippen molar-refractivity contribution in [1.82, 2.24) is 10.6 Å². The molecule has 2 N–H and O–H groups in total. The molecule has 2 bridgehead atoms. The van der Waals surface area contributed by atoms with E-state index in [-0.39, 0.29) is 5.91 Å². The molecule has 2 atom stereocenters. The lowest BCUT2D eigenvalue weighted by Crippen LogP contribution is -2.39. The van der Waals surface area contributed by atoms with E-state index in [1.165, 1.54) is 12.8 Å². The van der Waals surface area contributed by atoms with Crippen molar-refractivity contribution in [3.63, 3.8) is 0 Å². The summed E-state index contributed by atoms with van der Waals surface area (Å²) >= 11 is 0. The molecule has 6 nitrogen and oxygen atoms in total. The van der Waals surface area contributed by atoms with Gasteiger partial charge in [-0.25, -0.2) is 0 Å². The summed E-state index contributed by atoms with van der Waals surface area (Å²) in [7, 11) is 4.81. The molecule has 2 aliphatic heterocycles. The van der Waals surface area contributed by atoms with E-state index in [0.717, 1.165) is 18.4 Å². The maximum absolute atomic E-state index is 12.3. The highest BCUT2D eigenvalue weighted by atomic mass is 16.5. The Bertz CT molecular complexity index is 622. The van der Waals surface area contributed by atoms with Gasteiger partial charge in [0.2, 0.25) is 11.7 Å². The monoisotopic (exact) mass is 362 g/mol. The van der Waals surface area contributed by atoms with Gasteiger partial charge in [0.15, 0.2) is 11.5 Å². The van der Waals surface area contributed by atoms with Crippen LogP contribution in [0.5, 0.6) is 17.2 Å². The van der Waals surface area contributed by atoms with E-state index in [0.29, 0.717) is 54.6 Å². The topological polar surface area (TPSA) is 68.8 Å². The maximum atomic E-state index is 12.3. The fourth-order valence-corrected chi connectivity index (χ4v) is 4.37. The van der Waals surface area contributed by atoms with Crippen LogP contribution < -0.4 is 24.8 Å². The van der Waals surface area contributed by atoms with E-state index in [9.17, 15) is 4.79 Å². The van der Waals surface area contributed by atoms with E-state index in [2.05, 4.69) is 10.6 Å². The molecule has 144 valence electrons. The number of nitrogens with one attached hydrogen (secondary N) is 2. The number of methoxy groups -OCH3 is 3. The predicted octanol–water partition coefficient (Wildman–Crippen LogP) is 2.29. The molecule has 0 saturated carbocycles. The summed E-state index contributed by atoms with van der Waals surface area (Å²) < 4.78 is 16.2. The highest BCUT2D eigenvalue weighted by Crippen LogP contribution is 2.39. The molecule has 6 heteroatoms. The van der Waals surface area contributed by atoms with Crippen LogP contribution in [0.2, 0.25) is 0 Å². The van der Waals surface area contributed by atoms with Crippen LogP contribution in [0, 0.1) is 5.92 Å². The van der Waals surface area contributed by atoms with Crippen LogP contribution in [-0.4, -0.2) is 45.9 Å². The molecule has 26 heavy (non-hydrogen) atoms. The van der Waals surface area contributed by atoms with Gasteiger partial charge < -0.3 is 24.8 Å². The highest BCUT2D eigenvalue weighted by Gasteiger charge is 2.34. The largest absolute Gasteiger partial charge is 0.493 e. The van der Waals surface area contributed by atoms with Gasteiger partial charge in [-0.3, -0.25) is 4.79 Å². The Balaban J connectivity index is 1.50. The van der Waals surface area contributed by atoms with Crippen LogP contribution in [0.1, 0.15) is 37.7 Å². The van der Waals surface area contributed by atoms with Gasteiger partial charge in [-0.1, -0.05) is 6.07 Å². The maximum Gasteiger partial charge on any atom is 0.220 e. The van der Waals surface area contributed by atoms with Crippen molar-refractivity contribution >= 4 is 5.91 Å². The first-order valence-corrected chi connectivity index (χ1v) is 9.45. The molecule has 2 heterocycles. The summed E-state index contributed by atoms with van der Waals surface area (Å²) in [6, 6.07) is 5.07. The molecule has 0 spiro atoms. The standard InChI is InChI=1S/C20H30N2O4/c1-24-17-7-4-14(19(25-2)20(17)26-3)8-9-21-18(23)12-13-10-15-5-6-16(11-13)22-15/h4,7,13,15-16,22H,5-6,8-12H2,1-3H3,(H,21,23). The molecule has 2 aliphatic rings. The second-order valence-corrected chi connectivity index (χ2v) is 7.27. The van der Waals surface area contributed by atoms with Crippen LogP contribution in [0.4, 0.5) is 0 Å². The molecule has 3 rings (SSSR count). The lowest BCUT2D eigenvalue weighted by atomic mass is 9.89. The Morgan fingerprint density at radius 3 is 2.38 bits per heavy atom. The average molecular weight is 362 g/mol. The Hall–Kier alpha value is -1.95. The fraction of sp³-hybridized carbons (Fsp3) is 0.650. The van der Waals surface area contributed by atoms with Crippen molar-refractivity contribution in [2.24, 2.45) is 5.92 Å². The Morgan fingerprint density at radius 2 is 1.77 bits per heavy atom. The Labute approximate surface area is 155 Å². The van der Waals surface area contributed by atoms with E-state index in [1.54, 1.807) is 21.3 Å². The number of piperidine rings is 1. The van der Waals surface area contributed by atoms with Gasteiger partial charge in [0.05, 0.1) is 21.3 Å². The van der Waals surface area contributed by atoms with E-state index in [4.69, 9.17) is 14.2 Å². The minimum absolute atomic E-state index is 0.149. The highest BCUT2D eigenvalue weighted by molar-refractivity contribution is 5.76. The molecule has 1 aromatic carbocycles. The van der Waals surface area contributed by atoms with Crippen molar-refractivity contribution < 1.29 is 19.0 Å². The summed E-state index contributed by atoms with van der Waals surface area (Å²) in [5, 5.41) is 6.68. The molecule has 0 aromatic heterocycles. The van der Waals surface area contributed by atoms with Gasteiger partial charge in [-0.15, -0.1) is 0 Å². The zero-order chi connectivity index (χ0) is 18.5. The number of carbonyl (C=O) groups excluding carboxylic acids is 1. The van der Waals surface area contributed by atoms with Crippen LogP contribution in [-0.2, 0) is 11.2 Å². The van der Waals surface area contributed by atoms with Gasteiger partial charge in [0.25, 0.3) is 0 Å². The number of carbonyl (C=O) groups is 1. The molecule has 0 radical (unpaired) electrons. The van der Waals surface area contributed by atoms with E-state index in [1.807, 2.05) is 12.1 Å². The molecule has 1 amide bonds. The van der Waals surface area contributed by atoms with Gasteiger partial charge >= 0.3 is 0 Å². The number of rotatable bonds is 8. The average Bonchev–Trinajstić information content (AvgIpc) is 2.99. The van der Waals surface area contributed by atoms with E-state index < -0.39 is 0 Å². The minimum Gasteiger partial charge on any atom is -0.493 e. The minimum atomic E-state index is 0.149. The van der Waals surface area contributed by atoms with Gasteiger partial charge in [0.1, 0.15) is 0 Å². The summed E-state index contributed by atoms with van der Waals surface area (Å²) in [5.74, 6) is 2.55. The number of amides is 1. The number of benzene rings is 1. The fourth-order valence-electron chi connectivity index (χ4n) is 4.37. The second kappa shape index (κ2) is 8.62. The number of hydrogen-bond donors (Lipinski definition) is 2. The summed E-state index contributed by atoms with van der Waals surface area (Å²) in [6.07, 6.45) is 6.12. The lowest BCUT2D eigenvalue weighted by molar-refractivity contribution is -0.122. The van der Waals surface area contributed by atoms with Crippen molar-refractivity contribution in [2.45, 2.75) is 50.6 Å². The first-order valence-electron chi connectivity index (χ1n) is 9.45. The number of hydrogen-bond acceptors (Lipinski definition) is 5. The summed E-state index contributed by atoms with van der Waals surface area (Å²) in [5.41, 5.74) is 0.991. The third-order valence-corrected chi connectivity index (χ3v) is 5.55. The van der Waals surface area contributed by atoms with Gasteiger partial charge in [-0.05, 0) is 44.1 Å². The predicted molar refractivity (Wildman–Crippen MR) is 100 cm³/mol. The van der Waals surface area contributed by atoms with Crippen molar-refractivity contribution in [2.75, 3.05) is 27.9 Å². The Morgan fingerprint density at radius 1 is 1.08 bits per heavy atom. The first kappa shape index (κ1) is 18.8. The van der Waals surface area contributed by atoms with Gasteiger partial charge in [-0.2, -0.15) is 0 Å². The zero-order valence-electron chi connectivity index (χ0n) is 16.0. The van der Waals surface area contributed by atoms with Crippen molar-refractivity contribution in [1.29, 1.82) is 0 Å². The zero-order valence-corrected chi connectivity index (χ0v) is 16.0. The molecular weight excluding hydrogens is 332 g/mol. The number of fused-ring (bicyclic) bond motifs is 2. The first-order chi connectivity index (χ1) is 12.6. The van der Waals surface area contributed by atoms with Gasteiger partial charge in [0, 0.05) is 30.6 Å². The van der Waals surface area contributed by atoms with Crippen molar-refractivity contribution in [3.8, 4) is 17.2 Å². The molecule has 2 fully saturated rings. The SMILES string of the molecule is COc1ccc(CCNC(=O)CC2CC3CCC(C2)N3)c(OC)c1OC. The van der Waals surface area contributed by atoms with Crippen LogP contribution in [0.15, 0.2) is 12.1 Å². The second-order valence-electron chi connectivity index (χ2n) is 7.27. The molecule has 2 saturated heterocycles. The lowest BCUT2D eigenvalue weighted by Gasteiger charge is -2.28. The third kappa shape index (κ3) is 4.23.